The van der Waals surface area contributed by atoms with Crippen molar-refractivity contribution < 1.29 is 14.4 Å². The van der Waals surface area contributed by atoms with E-state index in [4.69, 9.17) is 0 Å². The van der Waals surface area contributed by atoms with Crippen LogP contribution in [0.5, 0.6) is 0 Å². The molecule has 7 heteroatoms. The molecule has 1 unspecified atom stereocenters. The monoisotopic (exact) mass is 340 g/mol. The van der Waals surface area contributed by atoms with Crippen molar-refractivity contribution in [2.24, 2.45) is 0 Å². The van der Waals surface area contributed by atoms with Gasteiger partial charge < -0.3 is 9.88 Å². The molecule has 1 aromatic carbocycles. The number of amides is 3. The third-order valence-electron chi connectivity index (χ3n) is 4.29. The number of nitrogens with zero attached hydrogens (tertiary/aromatic N) is 3. The lowest BCUT2D eigenvalue weighted by Crippen LogP contribution is -2.34. The van der Waals surface area contributed by atoms with Crippen LogP contribution in [0.2, 0.25) is 0 Å². The molecule has 3 amide bonds. The number of imide groups is 1. The largest absolute Gasteiger partial charge is 0.350 e. The molecule has 2 heterocycles. The van der Waals surface area contributed by atoms with E-state index in [1.54, 1.807) is 12.5 Å². The normalized spacial score (nSPS) is 15.5. The highest BCUT2D eigenvalue weighted by Gasteiger charge is 2.28. The molecule has 2 aromatic rings. The van der Waals surface area contributed by atoms with Gasteiger partial charge in [0.05, 0.1) is 12.4 Å². The first kappa shape index (κ1) is 16.9. The number of hydrogen-bond acceptors (Lipinski definition) is 4. The maximum Gasteiger partial charge on any atom is 0.229 e. The summed E-state index contributed by atoms with van der Waals surface area (Å²) >= 11 is 0. The molecular formula is C18H20N4O3. The second-order valence-electron chi connectivity index (χ2n) is 6.04. The molecule has 0 spiro atoms. The van der Waals surface area contributed by atoms with Gasteiger partial charge in [-0.15, -0.1) is 0 Å². The maximum absolute atomic E-state index is 12.1. The minimum atomic E-state index is -0.194. The summed E-state index contributed by atoms with van der Waals surface area (Å²) in [6, 6.07) is 7.67. The average molecular weight is 340 g/mol. The predicted molar refractivity (Wildman–Crippen MR) is 90.7 cm³/mol. The van der Waals surface area contributed by atoms with Gasteiger partial charge in [-0.25, -0.2) is 4.98 Å². The van der Waals surface area contributed by atoms with Crippen molar-refractivity contribution in [1.29, 1.82) is 0 Å². The van der Waals surface area contributed by atoms with Crippen LogP contribution in [0.4, 0.5) is 0 Å². The lowest BCUT2D eigenvalue weighted by atomic mass is 10.1. The summed E-state index contributed by atoms with van der Waals surface area (Å²) < 4.78 is 1.90. The van der Waals surface area contributed by atoms with Gasteiger partial charge in [0.1, 0.15) is 0 Å². The number of rotatable bonds is 6. The van der Waals surface area contributed by atoms with Crippen molar-refractivity contribution in [3.05, 3.63) is 48.5 Å². The minimum absolute atomic E-state index is 0.120. The van der Waals surface area contributed by atoms with Crippen LogP contribution in [0.1, 0.15) is 37.8 Å². The summed E-state index contributed by atoms with van der Waals surface area (Å²) in [5, 5.41) is 2.90. The summed E-state index contributed by atoms with van der Waals surface area (Å²) in [7, 11) is 0. The highest BCUT2D eigenvalue weighted by Crippen LogP contribution is 2.16. The predicted octanol–water partition coefficient (Wildman–Crippen LogP) is 1.59. The molecular weight excluding hydrogens is 320 g/mol. The van der Waals surface area contributed by atoms with E-state index in [-0.39, 0.29) is 49.6 Å². The maximum atomic E-state index is 12.1. The molecule has 1 aromatic heterocycles. The molecule has 1 atom stereocenters. The number of carbonyl (C=O) groups is 3. The number of likely N-dealkylation sites (tertiary alicyclic amines) is 1. The number of imidazole rings is 1. The van der Waals surface area contributed by atoms with E-state index in [9.17, 15) is 14.4 Å². The summed E-state index contributed by atoms with van der Waals surface area (Å²) in [6.45, 7) is 2.05. The highest BCUT2D eigenvalue weighted by atomic mass is 16.2. The Bertz CT molecular complexity index is 752. The Morgan fingerprint density at radius 2 is 1.88 bits per heavy atom. The Kier molecular flexibility index (Phi) is 4.92. The highest BCUT2D eigenvalue weighted by molar-refractivity contribution is 6.02. The molecule has 1 aliphatic rings. The molecule has 1 saturated heterocycles. The summed E-state index contributed by atoms with van der Waals surface area (Å²) in [4.78, 5) is 40.3. The molecule has 0 radical (unpaired) electrons. The Morgan fingerprint density at radius 1 is 1.20 bits per heavy atom. The molecule has 1 aliphatic heterocycles. The molecule has 25 heavy (non-hydrogen) atoms. The first-order valence-corrected chi connectivity index (χ1v) is 8.25. The number of aromatic nitrogens is 2. The third kappa shape index (κ3) is 3.93. The topological polar surface area (TPSA) is 84.3 Å². The SMILES string of the molecule is CC(NC(=O)CCN1C(=O)CCC1=O)c1ccc(-n2ccnc2)cc1. The van der Waals surface area contributed by atoms with E-state index >= 15 is 0 Å². The lowest BCUT2D eigenvalue weighted by Gasteiger charge is -2.17. The molecule has 3 rings (SSSR count). The van der Waals surface area contributed by atoms with Crippen LogP contribution in [0.25, 0.3) is 5.69 Å². The van der Waals surface area contributed by atoms with Gasteiger partial charge in [0.15, 0.2) is 0 Å². The fourth-order valence-electron chi connectivity index (χ4n) is 2.83. The van der Waals surface area contributed by atoms with Crippen molar-refractivity contribution in [3.8, 4) is 5.69 Å². The van der Waals surface area contributed by atoms with E-state index in [1.807, 2.05) is 42.0 Å². The molecule has 0 saturated carbocycles. The Hall–Kier alpha value is -2.96. The number of nitrogens with one attached hydrogen (secondary N) is 1. The van der Waals surface area contributed by atoms with Gasteiger partial charge in [-0.1, -0.05) is 12.1 Å². The van der Waals surface area contributed by atoms with E-state index in [1.165, 1.54) is 4.90 Å². The van der Waals surface area contributed by atoms with Crippen LogP contribution in [-0.4, -0.2) is 38.7 Å². The molecule has 1 fully saturated rings. The van der Waals surface area contributed by atoms with E-state index in [0.717, 1.165) is 11.3 Å². The lowest BCUT2D eigenvalue weighted by molar-refractivity contribution is -0.138. The van der Waals surface area contributed by atoms with Crippen molar-refractivity contribution in [3.63, 3.8) is 0 Å². The van der Waals surface area contributed by atoms with E-state index < -0.39 is 0 Å². The Balaban J connectivity index is 1.53. The van der Waals surface area contributed by atoms with Gasteiger partial charge >= 0.3 is 0 Å². The van der Waals surface area contributed by atoms with Crippen molar-refractivity contribution in [1.82, 2.24) is 19.8 Å². The average Bonchev–Trinajstić information content (AvgIpc) is 3.24. The van der Waals surface area contributed by atoms with Crippen LogP contribution in [0.15, 0.2) is 43.0 Å². The first-order valence-electron chi connectivity index (χ1n) is 8.25. The molecule has 130 valence electrons. The summed E-state index contributed by atoms with van der Waals surface area (Å²) in [5.41, 5.74) is 1.97. The van der Waals surface area contributed by atoms with Crippen LogP contribution >= 0.6 is 0 Å². The number of benzene rings is 1. The zero-order chi connectivity index (χ0) is 17.8. The second kappa shape index (κ2) is 7.29. The fourth-order valence-corrected chi connectivity index (χ4v) is 2.83. The van der Waals surface area contributed by atoms with Crippen LogP contribution in [-0.2, 0) is 14.4 Å². The molecule has 1 N–H and O–H groups in total. The van der Waals surface area contributed by atoms with Crippen molar-refractivity contribution in [2.75, 3.05) is 6.54 Å². The standard InChI is InChI=1S/C18H20N4O3/c1-13(14-2-4-15(5-3-14)21-11-9-19-12-21)20-16(23)8-10-22-17(24)6-7-18(22)25/h2-5,9,11-13H,6-8,10H2,1H3,(H,20,23). The van der Waals surface area contributed by atoms with Crippen LogP contribution < -0.4 is 5.32 Å². The molecule has 7 nitrogen and oxygen atoms in total. The molecule has 0 aliphatic carbocycles. The van der Waals surface area contributed by atoms with Gasteiger partial charge in [0.2, 0.25) is 17.7 Å². The van der Waals surface area contributed by atoms with Gasteiger partial charge in [-0.05, 0) is 24.6 Å². The summed E-state index contributed by atoms with van der Waals surface area (Å²) in [5.74, 6) is -0.569. The summed E-state index contributed by atoms with van der Waals surface area (Å²) in [6.07, 6.45) is 5.92. The fraction of sp³-hybridized carbons (Fsp3) is 0.333. The van der Waals surface area contributed by atoms with Crippen molar-refractivity contribution >= 4 is 17.7 Å². The first-order chi connectivity index (χ1) is 12.0. The van der Waals surface area contributed by atoms with Gasteiger partial charge in [0, 0.05) is 43.9 Å². The van der Waals surface area contributed by atoms with Gasteiger partial charge in [-0.3, -0.25) is 19.3 Å². The van der Waals surface area contributed by atoms with Gasteiger partial charge in [-0.2, -0.15) is 0 Å². The zero-order valence-corrected chi connectivity index (χ0v) is 14.0. The van der Waals surface area contributed by atoms with E-state index in [0.29, 0.717) is 0 Å². The van der Waals surface area contributed by atoms with E-state index in [2.05, 4.69) is 10.3 Å². The van der Waals surface area contributed by atoms with Gasteiger partial charge in [0.25, 0.3) is 0 Å². The zero-order valence-electron chi connectivity index (χ0n) is 14.0. The Morgan fingerprint density at radius 3 is 2.48 bits per heavy atom. The number of hydrogen-bond donors (Lipinski definition) is 1. The van der Waals surface area contributed by atoms with Crippen LogP contribution in [0, 0.1) is 0 Å². The van der Waals surface area contributed by atoms with Crippen molar-refractivity contribution in [2.45, 2.75) is 32.2 Å². The smallest absolute Gasteiger partial charge is 0.229 e. The third-order valence-corrected chi connectivity index (χ3v) is 4.29. The Labute approximate surface area is 145 Å². The number of carbonyl (C=O) groups excluding carboxylic acids is 3. The quantitative estimate of drug-likeness (QED) is 0.809. The molecule has 0 bridgehead atoms. The second-order valence-corrected chi connectivity index (χ2v) is 6.04. The van der Waals surface area contributed by atoms with Crippen LogP contribution in [0.3, 0.4) is 0 Å². The minimum Gasteiger partial charge on any atom is -0.350 e.